The van der Waals surface area contributed by atoms with E-state index in [2.05, 4.69) is 25.1 Å². The Hall–Kier alpha value is -2.50. The van der Waals surface area contributed by atoms with Crippen LogP contribution in [0.3, 0.4) is 0 Å². The number of fused-ring (bicyclic) bond motifs is 1. The third kappa shape index (κ3) is 1.72. The second-order valence-corrected chi connectivity index (χ2v) is 4.91. The smallest absolute Gasteiger partial charge is 0.165 e. The van der Waals surface area contributed by atoms with Crippen molar-refractivity contribution >= 4 is 11.0 Å². The lowest BCUT2D eigenvalue weighted by molar-refractivity contribution is 0.415. The zero-order valence-corrected chi connectivity index (χ0v) is 11.0. The summed E-state index contributed by atoms with van der Waals surface area (Å²) in [5.41, 5.74) is 3.56. The highest BCUT2D eigenvalue weighted by Gasteiger charge is 2.30. The van der Waals surface area contributed by atoms with E-state index in [9.17, 15) is 0 Å². The first-order valence-electron chi connectivity index (χ1n) is 6.56. The van der Waals surface area contributed by atoms with Crippen LogP contribution < -0.4 is 4.74 Å². The molecule has 0 spiro atoms. The Labute approximate surface area is 115 Å². The molecule has 0 saturated heterocycles. The van der Waals surface area contributed by atoms with E-state index in [0.29, 0.717) is 11.7 Å². The molecule has 0 aliphatic heterocycles. The van der Waals surface area contributed by atoms with Crippen molar-refractivity contribution in [3.8, 4) is 17.1 Å². The molecular formula is C14H13N5O. The Balaban J connectivity index is 1.95. The molecule has 0 radical (unpaired) electrons. The molecule has 1 aliphatic carbocycles. The second kappa shape index (κ2) is 4.26. The van der Waals surface area contributed by atoms with Crippen molar-refractivity contribution in [3.63, 3.8) is 0 Å². The number of pyridine rings is 1. The molecule has 6 heteroatoms. The molecule has 3 heterocycles. The molecule has 100 valence electrons. The van der Waals surface area contributed by atoms with Crippen molar-refractivity contribution in [2.45, 2.75) is 18.8 Å². The average molecular weight is 267 g/mol. The molecule has 1 saturated carbocycles. The maximum atomic E-state index is 5.47. The minimum atomic E-state index is 0.503. The van der Waals surface area contributed by atoms with Crippen molar-refractivity contribution < 1.29 is 4.74 Å². The molecule has 0 amide bonds. The molecule has 0 unspecified atom stereocenters. The average Bonchev–Trinajstić information content (AvgIpc) is 3.23. The molecule has 1 aliphatic rings. The van der Waals surface area contributed by atoms with E-state index in [1.54, 1.807) is 25.7 Å². The fourth-order valence-electron chi connectivity index (χ4n) is 2.38. The van der Waals surface area contributed by atoms with Crippen LogP contribution in [0.4, 0.5) is 0 Å². The normalized spacial score (nSPS) is 14.7. The first kappa shape index (κ1) is 11.3. The summed E-state index contributed by atoms with van der Waals surface area (Å²) < 4.78 is 5.47. The van der Waals surface area contributed by atoms with Crippen LogP contribution in [-0.4, -0.2) is 32.3 Å². The minimum Gasteiger partial charge on any atom is -0.496 e. The molecule has 0 bridgehead atoms. The Bertz CT molecular complexity index is 778. The monoisotopic (exact) mass is 267 g/mol. The summed E-state index contributed by atoms with van der Waals surface area (Å²) in [5, 5.41) is 6.83. The Morgan fingerprint density at radius 3 is 2.95 bits per heavy atom. The predicted octanol–water partition coefficient (Wildman–Crippen LogP) is 2.30. The second-order valence-electron chi connectivity index (χ2n) is 4.91. The molecule has 0 atom stereocenters. The van der Waals surface area contributed by atoms with Crippen LogP contribution in [0, 0.1) is 0 Å². The molecule has 3 aromatic rings. The summed E-state index contributed by atoms with van der Waals surface area (Å²) in [7, 11) is 1.66. The number of ether oxygens (including phenoxy) is 1. The standard InChI is InChI=1S/C14H13N5O/c1-20-11-4-5-15-13(8-2-3-8)12(11)14-16-6-10-9(18-14)7-17-19-10/h4-8H,2-3H2,1H3,(H,17,19). The Morgan fingerprint density at radius 2 is 2.15 bits per heavy atom. The van der Waals surface area contributed by atoms with Crippen LogP contribution in [0.2, 0.25) is 0 Å². The molecule has 1 fully saturated rings. The summed E-state index contributed by atoms with van der Waals surface area (Å²) in [6, 6.07) is 1.85. The lowest BCUT2D eigenvalue weighted by Gasteiger charge is -2.11. The van der Waals surface area contributed by atoms with Gasteiger partial charge in [0.15, 0.2) is 5.82 Å². The number of H-pyrrole nitrogens is 1. The number of nitrogens with zero attached hydrogens (tertiary/aromatic N) is 4. The third-order valence-electron chi connectivity index (χ3n) is 3.54. The lowest BCUT2D eigenvalue weighted by Crippen LogP contribution is -1.99. The van der Waals surface area contributed by atoms with Gasteiger partial charge in [-0.3, -0.25) is 10.1 Å². The van der Waals surface area contributed by atoms with Crippen molar-refractivity contribution in [1.82, 2.24) is 25.1 Å². The molecule has 20 heavy (non-hydrogen) atoms. The first-order chi connectivity index (χ1) is 9.86. The number of aromatic amines is 1. The van der Waals surface area contributed by atoms with E-state index in [-0.39, 0.29) is 0 Å². The summed E-state index contributed by atoms with van der Waals surface area (Å²) in [6.45, 7) is 0. The lowest BCUT2D eigenvalue weighted by atomic mass is 10.1. The number of hydrogen-bond acceptors (Lipinski definition) is 5. The summed E-state index contributed by atoms with van der Waals surface area (Å²) in [6.07, 6.45) is 7.56. The van der Waals surface area contributed by atoms with Crippen LogP contribution in [0.25, 0.3) is 22.4 Å². The van der Waals surface area contributed by atoms with Gasteiger partial charge in [0.05, 0.1) is 30.8 Å². The highest BCUT2D eigenvalue weighted by atomic mass is 16.5. The summed E-state index contributed by atoms with van der Waals surface area (Å²) in [4.78, 5) is 13.5. The maximum Gasteiger partial charge on any atom is 0.165 e. The Morgan fingerprint density at radius 1 is 1.25 bits per heavy atom. The van der Waals surface area contributed by atoms with E-state index in [1.807, 2.05) is 6.07 Å². The van der Waals surface area contributed by atoms with Gasteiger partial charge < -0.3 is 4.74 Å². The molecule has 4 rings (SSSR count). The number of nitrogens with one attached hydrogen (secondary N) is 1. The molecule has 6 nitrogen and oxygen atoms in total. The molecule has 1 N–H and O–H groups in total. The zero-order chi connectivity index (χ0) is 13.5. The van der Waals surface area contributed by atoms with Gasteiger partial charge in [-0.15, -0.1) is 0 Å². The number of rotatable bonds is 3. The Kier molecular flexibility index (Phi) is 2.42. The van der Waals surface area contributed by atoms with Crippen LogP contribution >= 0.6 is 0 Å². The fraction of sp³-hybridized carbons (Fsp3) is 0.286. The van der Waals surface area contributed by atoms with Crippen LogP contribution in [0.15, 0.2) is 24.7 Å². The number of methoxy groups -OCH3 is 1. The van der Waals surface area contributed by atoms with Gasteiger partial charge in [0, 0.05) is 12.1 Å². The van der Waals surface area contributed by atoms with Crippen molar-refractivity contribution in [2.75, 3.05) is 7.11 Å². The van der Waals surface area contributed by atoms with Gasteiger partial charge in [-0.05, 0) is 18.9 Å². The highest BCUT2D eigenvalue weighted by molar-refractivity contribution is 5.77. The van der Waals surface area contributed by atoms with E-state index >= 15 is 0 Å². The van der Waals surface area contributed by atoms with Gasteiger partial charge in [0.1, 0.15) is 16.8 Å². The van der Waals surface area contributed by atoms with Gasteiger partial charge in [-0.25, -0.2) is 9.97 Å². The van der Waals surface area contributed by atoms with E-state index in [1.165, 1.54) is 12.8 Å². The van der Waals surface area contributed by atoms with Gasteiger partial charge >= 0.3 is 0 Å². The number of aromatic nitrogens is 5. The SMILES string of the molecule is COc1ccnc(C2CC2)c1-c1ncc2[nH]ncc2n1. The zero-order valence-electron chi connectivity index (χ0n) is 11.0. The van der Waals surface area contributed by atoms with Crippen molar-refractivity contribution in [2.24, 2.45) is 0 Å². The summed E-state index contributed by atoms with van der Waals surface area (Å²) >= 11 is 0. The van der Waals surface area contributed by atoms with E-state index in [4.69, 9.17) is 4.74 Å². The first-order valence-corrected chi connectivity index (χ1v) is 6.56. The predicted molar refractivity (Wildman–Crippen MR) is 73.4 cm³/mol. The van der Waals surface area contributed by atoms with Gasteiger partial charge in [-0.2, -0.15) is 5.10 Å². The maximum absolute atomic E-state index is 5.47. The molecule has 0 aromatic carbocycles. The largest absolute Gasteiger partial charge is 0.496 e. The van der Waals surface area contributed by atoms with Gasteiger partial charge in [-0.1, -0.05) is 0 Å². The number of hydrogen-bond donors (Lipinski definition) is 1. The van der Waals surface area contributed by atoms with Gasteiger partial charge in [0.2, 0.25) is 0 Å². The minimum absolute atomic E-state index is 0.503. The third-order valence-corrected chi connectivity index (χ3v) is 3.54. The van der Waals surface area contributed by atoms with E-state index < -0.39 is 0 Å². The van der Waals surface area contributed by atoms with Gasteiger partial charge in [0.25, 0.3) is 0 Å². The fourth-order valence-corrected chi connectivity index (χ4v) is 2.38. The van der Waals surface area contributed by atoms with Crippen LogP contribution in [0.5, 0.6) is 5.75 Å². The van der Waals surface area contributed by atoms with Crippen LogP contribution in [0.1, 0.15) is 24.5 Å². The van der Waals surface area contributed by atoms with Crippen molar-refractivity contribution in [3.05, 3.63) is 30.4 Å². The van der Waals surface area contributed by atoms with E-state index in [0.717, 1.165) is 28.0 Å². The summed E-state index contributed by atoms with van der Waals surface area (Å²) in [5.74, 6) is 1.92. The topological polar surface area (TPSA) is 76.6 Å². The van der Waals surface area contributed by atoms with Crippen molar-refractivity contribution in [1.29, 1.82) is 0 Å². The highest BCUT2D eigenvalue weighted by Crippen LogP contribution is 2.45. The molecular weight excluding hydrogens is 254 g/mol. The van der Waals surface area contributed by atoms with Crippen LogP contribution in [-0.2, 0) is 0 Å². The quantitative estimate of drug-likeness (QED) is 0.788. The molecule has 3 aromatic heterocycles.